The predicted molar refractivity (Wildman–Crippen MR) is 82.2 cm³/mol. The number of phosphoric ester groups is 1. The van der Waals surface area contributed by atoms with Crippen molar-refractivity contribution in [2.45, 2.75) is 4.90 Å². The first-order valence-corrected chi connectivity index (χ1v) is 8.71. The van der Waals surface area contributed by atoms with Crippen molar-refractivity contribution < 1.29 is 28.0 Å². The predicted octanol–water partition coefficient (Wildman–Crippen LogP) is 3.13. The molecule has 2 aromatic carbocycles. The summed E-state index contributed by atoms with van der Waals surface area (Å²) in [6.45, 7) is -0.604. The molecule has 5 nitrogen and oxygen atoms in total. The molecule has 2 rings (SSSR count). The molecule has 116 valence electrons. The van der Waals surface area contributed by atoms with E-state index in [1.807, 2.05) is 0 Å². The molecule has 2 N–H and O–H groups in total. The van der Waals surface area contributed by atoms with E-state index in [0.29, 0.717) is 21.4 Å². The number of halogens is 1. The van der Waals surface area contributed by atoms with Gasteiger partial charge in [0.1, 0.15) is 11.6 Å². The average Bonchev–Trinajstić information content (AvgIpc) is 2.45. The third-order valence-electron chi connectivity index (χ3n) is 2.81. The van der Waals surface area contributed by atoms with Gasteiger partial charge in [0.25, 0.3) is 0 Å². The van der Waals surface area contributed by atoms with Gasteiger partial charge in [0, 0.05) is 10.3 Å². The van der Waals surface area contributed by atoms with Crippen molar-refractivity contribution in [3.8, 4) is 18.1 Å². The molecule has 0 aliphatic heterocycles. The molecule has 0 aliphatic rings. The highest BCUT2D eigenvalue weighted by atomic mass is 32.2. The van der Waals surface area contributed by atoms with Gasteiger partial charge in [0.05, 0.1) is 5.56 Å². The molecule has 22 heavy (non-hydrogen) atoms. The van der Waals surface area contributed by atoms with Gasteiger partial charge in [-0.05, 0) is 29.8 Å². The monoisotopic (exact) mass is 342 g/mol. The number of ether oxygens (including phenoxy) is 1. The van der Waals surface area contributed by atoms with Crippen LogP contribution >= 0.6 is 19.6 Å². The zero-order chi connectivity index (χ0) is 16.3. The maximum Gasteiger partial charge on any atom is 0.472 e. The van der Waals surface area contributed by atoms with Gasteiger partial charge in [-0.15, -0.1) is 18.2 Å². The Labute approximate surface area is 130 Å². The Bertz CT molecular complexity index is 796. The summed E-state index contributed by atoms with van der Waals surface area (Å²) in [5.74, 6) is 2.19. The van der Waals surface area contributed by atoms with Gasteiger partial charge in [0.15, 0.2) is 6.79 Å². The second-order valence-electron chi connectivity index (χ2n) is 4.17. The number of benzene rings is 2. The van der Waals surface area contributed by atoms with Gasteiger partial charge >= 0.3 is 7.82 Å². The van der Waals surface area contributed by atoms with Crippen LogP contribution in [0.1, 0.15) is 5.56 Å². The minimum atomic E-state index is -4.60. The van der Waals surface area contributed by atoms with E-state index < -0.39 is 20.4 Å². The molecule has 0 spiro atoms. The minimum Gasteiger partial charge on any atom is -0.467 e. The first kappa shape index (κ1) is 16.8. The summed E-state index contributed by atoms with van der Waals surface area (Å²) in [6.07, 6.45) is 7.17. The normalized spacial score (nSPS) is 11.4. The van der Waals surface area contributed by atoms with Crippen molar-refractivity contribution in [3.63, 3.8) is 0 Å². The molecule has 0 aliphatic carbocycles. The highest BCUT2D eigenvalue weighted by Gasteiger charge is 2.15. The van der Waals surface area contributed by atoms with Gasteiger partial charge in [0.2, 0.25) is 0 Å². The van der Waals surface area contributed by atoms with Gasteiger partial charge in [-0.25, -0.2) is 13.5 Å². The van der Waals surface area contributed by atoms with Gasteiger partial charge in [-0.2, -0.15) is 0 Å². The molecule has 0 fully saturated rings. The Morgan fingerprint density at radius 1 is 1.41 bits per heavy atom. The molecular formula is C14H12FO5PS. The fourth-order valence-electron chi connectivity index (χ4n) is 1.92. The number of rotatable bonds is 5. The number of fused-ring (bicyclic) bond motifs is 1. The number of thioether (sulfide) groups is 1. The van der Waals surface area contributed by atoms with Crippen LogP contribution in [0.4, 0.5) is 4.39 Å². The van der Waals surface area contributed by atoms with Crippen LogP contribution in [-0.4, -0.2) is 22.8 Å². The third kappa shape index (κ3) is 3.80. The summed E-state index contributed by atoms with van der Waals surface area (Å²) >= 11 is 1.35. The fourth-order valence-corrected chi connectivity index (χ4v) is 2.77. The summed E-state index contributed by atoms with van der Waals surface area (Å²) in [5, 5.41) is 1.26. The smallest absolute Gasteiger partial charge is 0.467 e. The molecule has 0 saturated heterocycles. The SMILES string of the molecule is C#Cc1c(F)ccc2cc(OCOP(=O)(O)O)cc(SC)c12. The molecule has 0 atom stereocenters. The first-order valence-electron chi connectivity index (χ1n) is 5.95. The van der Waals surface area contributed by atoms with E-state index in [9.17, 15) is 8.96 Å². The van der Waals surface area contributed by atoms with E-state index >= 15 is 0 Å². The summed E-state index contributed by atoms with van der Waals surface area (Å²) in [7, 11) is -4.60. The lowest BCUT2D eigenvalue weighted by Gasteiger charge is -2.12. The van der Waals surface area contributed by atoms with Crippen LogP contribution in [0, 0.1) is 18.2 Å². The molecule has 0 heterocycles. The second kappa shape index (κ2) is 6.69. The van der Waals surface area contributed by atoms with Crippen molar-refractivity contribution >= 4 is 30.4 Å². The van der Waals surface area contributed by atoms with Crippen LogP contribution in [0.5, 0.6) is 5.75 Å². The van der Waals surface area contributed by atoms with E-state index in [0.717, 1.165) is 0 Å². The summed E-state index contributed by atoms with van der Waals surface area (Å²) in [6, 6.07) is 6.02. The Balaban J connectivity index is 2.42. The Hall–Kier alpha value is -1.55. The quantitative estimate of drug-likeness (QED) is 0.376. The molecule has 0 saturated carbocycles. The molecule has 0 radical (unpaired) electrons. The van der Waals surface area contributed by atoms with Crippen LogP contribution in [-0.2, 0) is 9.09 Å². The first-order chi connectivity index (χ1) is 10.4. The number of phosphoric acid groups is 1. The second-order valence-corrected chi connectivity index (χ2v) is 6.26. The fraction of sp³-hybridized carbons (Fsp3) is 0.143. The third-order valence-corrected chi connectivity index (χ3v) is 4.02. The van der Waals surface area contributed by atoms with Crippen LogP contribution in [0.15, 0.2) is 29.2 Å². The zero-order valence-corrected chi connectivity index (χ0v) is 13.2. The van der Waals surface area contributed by atoms with Crippen molar-refractivity contribution in [3.05, 3.63) is 35.6 Å². The van der Waals surface area contributed by atoms with Crippen LogP contribution in [0.25, 0.3) is 10.8 Å². The van der Waals surface area contributed by atoms with Gasteiger partial charge in [-0.1, -0.05) is 12.0 Å². The topological polar surface area (TPSA) is 76.0 Å². The maximum atomic E-state index is 13.8. The Kier molecular flexibility index (Phi) is 5.12. The highest BCUT2D eigenvalue weighted by molar-refractivity contribution is 7.98. The molecule has 0 amide bonds. The van der Waals surface area contributed by atoms with E-state index in [2.05, 4.69) is 10.4 Å². The van der Waals surface area contributed by atoms with E-state index in [-0.39, 0.29) is 5.56 Å². The van der Waals surface area contributed by atoms with Crippen molar-refractivity contribution in [2.24, 2.45) is 0 Å². The lowest BCUT2D eigenvalue weighted by molar-refractivity contribution is 0.0829. The standard InChI is InChI=1S/C14H12FO5PS/c1-3-11-12(15)5-4-9-6-10(7-13(22-2)14(9)11)19-8-20-21(16,17)18/h1,4-7H,8H2,2H3,(H2,16,17,18). The molecule has 0 aromatic heterocycles. The zero-order valence-electron chi connectivity index (χ0n) is 11.4. The average molecular weight is 342 g/mol. The van der Waals surface area contributed by atoms with Crippen LogP contribution in [0.3, 0.4) is 0 Å². The van der Waals surface area contributed by atoms with E-state index in [4.69, 9.17) is 20.9 Å². The lowest BCUT2D eigenvalue weighted by atomic mass is 10.0. The maximum absolute atomic E-state index is 13.8. The van der Waals surface area contributed by atoms with Crippen molar-refractivity contribution in [1.82, 2.24) is 0 Å². The van der Waals surface area contributed by atoms with Gasteiger partial charge < -0.3 is 14.5 Å². The van der Waals surface area contributed by atoms with Crippen molar-refractivity contribution in [1.29, 1.82) is 0 Å². The number of terminal acetylenes is 1. The number of hydrogen-bond donors (Lipinski definition) is 2. The lowest BCUT2D eigenvalue weighted by Crippen LogP contribution is -2.01. The molecular weight excluding hydrogens is 330 g/mol. The van der Waals surface area contributed by atoms with Crippen molar-refractivity contribution in [2.75, 3.05) is 13.0 Å². The van der Waals surface area contributed by atoms with E-state index in [1.165, 1.54) is 17.8 Å². The van der Waals surface area contributed by atoms with Crippen LogP contribution in [0.2, 0.25) is 0 Å². The molecule has 2 aromatic rings. The Morgan fingerprint density at radius 3 is 2.73 bits per heavy atom. The molecule has 0 unspecified atom stereocenters. The summed E-state index contributed by atoms with van der Waals surface area (Å²) < 4.78 is 33.8. The molecule has 0 bridgehead atoms. The highest BCUT2D eigenvalue weighted by Crippen LogP contribution is 2.37. The van der Waals surface area contributed by atoms with E-state index in [1.54, 1.807) is 24.5 Å². The largest absolute Gasteiger partial charge is 0.472 e. The van der Waals surface area contributed by atoms with Crippen LogP contribution < -0.4 is 4.74 Å². The molecule has 8 heteroatoms. The Morgan fingerprint density at radius 2 is 2.14 bits per heavy atom. The minimum absolute atomic E-state index is 0.167. The summed E-state index contributed by atoms with van der Waals surface area (Å²) in [5.41, 5.74) is 0.167. The summed E-state index contributed by atoms with van der Waals surface area (Å²) in [4.78, 5) is 17.9. The van der Waals surface area contributed by atoms with Gasteiger partial charge in [-0.3, -0.25) is 0 Å². The number of hydrogen-bond acceptors (Lipinski definition) is 4.